The molecule has 7 heteroatoms. The number of alkyl halides is 2. The van der Waals surface area contributed by atoms with Crippen LogP contribution in [0.15, 0.2) is 0 Å². The Bertz CT molecular complexity index is 453. The number of aromatic amines is 1. The number of nitrogens with zero attached hydrogens (tertiary/aromatic N) is 1. The maximum atomic E-state index is 12.9. The maximum Gasteiger partial charge on any atom is 0.261 e. The van der Waals surface area contributed by atoms with Crippen molar-refractivity contribution in [2.45, 2.75) is 38.7 Å². The minimum atomic E-state index is -2.66. The van der Waals surface area contributed by atoms with Crippen LogP contribution in [0.25, 0.3) is 0 Å². The van der Waals surface area contributed by atoms with Gasteiger partial charge in [0.05, 0.1) is 18.7 Å². The Morgan fingerprint density at radius 3 is 2.79 bits per heavy atom. The largest absolute Gasteiger partial charge is 0.354 e. The van der Waals surface area contributed by atoms with Crippen molar-refractivity contribution in [3.63, 3.8) is 0 Å². The molecule has 2 heterocycles. The predicted octanol–water partition coefficient (Wildman–Crippen LogP) is 0.682. The van der Waals surface area contributed by atoms with E-state index in [0.717, 1.165) is 17.0 Å². The zero-order valence-electron chi connectivity index (χ0n) is 11.0. The van der Waals surface area contributed by atoms with Crippen molar-refractivity contribution in [2.24, 2.45) is 0 Å². The van der Waals surface area contributed by atoms with Gasteiger partial charge in [0.25, 0.3) is 5.92 Å². The number of carbonyl (C=O) groups excluding carboxylic acids is 1. The summed E-state index contributed by atoms with van der Waals surface area (Å²) < 4.78 is 25.9. The highest BCUT2D eigenvalue weighted by molar-refractivity contribution is 5.79. The molecule has 106 valence electrons. The number of amides is 1. The monoisotopic (exact) mass is 272 g/mol. The molecule has 1 aromatic rings. The van der Waals surface area contributed by atoms with Crippen LogP contribution in [-0.4, -0.2) is 41.2 Å². The second-order valence-electron chi connectivity index (χ2n) is 5.03. The van der Waals surface area contributed by atoms with Crippen LogP contribution in [0.4, 0.5) is 8.78 Å². The number of H-pyrrole nitrogens is 1. The predicted molar refractivity (Wildman–Crippen MR) is 66.1 cm³/mol. The van der Waals surface area contributed by atoms with Crippen LogP contribution in [0.3, 0.4) is 0 Å². The third kappa shape index (κ3) is 3.50. The molecular weight excluding hydrogens is 254 g/mol. The van der Waals surface area contributed by atoms with E-state index in [-0.39, 0.29) is 37.9 Å². The quantitative estimate of drug-likeness (QED) is 0.755. The number of hydrogen-bond donors (Lipinski definition) is 3. The summed E-state index contributed by atoms with van der Waals surface area (Å²) in [4.78, 5) is 11.8. The average Bonchev–Trinajstić information content (AvgIpc) is 2.83. The lowest BCUT2D eigenvalue weighted by Gasteiger charge is -2.11. The molecule has 0 aromatic carbocycles. The molecular formula is C12H18F2N4O. The van der Waals surface area contributed by atoms with Crippen molar-refractivity contribution in [3.05, 3.63) is 17.0 Å². The van der Waals surface area contributed by atoms with Gasteiger partial charge in [-0.05, 0) is 13.8 Å². The summed E-state index contributed by atoms with van der Waals surface area (Å²) in [5.41, 5.74) is 2.51. The summed E-state index contributed by atoms with van der Waals surface area (Å²) in [7, 11) is 0. The number of nitrogens with one attached hydrogen (secondary N) is 3. The van der Waals surface area contributed by atoms with E-state index in [4.69, 9.17) is 0 Å². The Morgan fingerprint density at radius 2 is 2.26 bits per heavy atom. The van der Waals surface area contributed by atoms with Gasteiger partial charge in [-0.1, -0.05) is 0 Å². The highest BCUT2D eigenvalue weighted by Gasteiger charge is 2.39. The van der Waals surface area contributed by atoms with Gasteiger partial charge >= 0.3 is 0 Å². The molecule has 0 bridgehead atoms. The van der Waals surface area contributed by atoms with E-state index in [0.29, 0.717) is 0 Å². The van der Waals surface area contributed by atoms with Crippen LogP contribution < -0.4 is 10.6 Å². The van der Waals surface area contributed by atoms with Crippen LogP contribution >= 0.6 is 0 Å². The number of carbonyl (C=O) groups is 1. The minimum Gasteiger partial charge on any atom is -0.354 e. The van der Waals surface area contributed by atoms with Gasteiger partial charge in [-0.25, -0.2) is 8.78 Å². The van der Waals surface area contributed by atoms with Gasteiger partial charge in [-0.2, -0.15) is 5.10 Å². The van der Waals surface area contributed by atoms with Gasteiger partial charge in [0, 0.05) is 30.3 Å². The summed E-state index contributed by atoms with van der Waals surface area (Å²) in [6.45, 7) is 3.59. The van der Waals surface area contributed by atoms with Crippen LogP contribution in [0.2, 0.25) is 0 Å². The van der Waals surface area contributed by atoms with Gasteiger partial charge < -0.3 is 10.6 Å². The molecule has 0 saturated carbocycles. The van der Waals surface area contributed by atoms with E-state index in [1.807, 2.05) is 13.8 Å². The molecule has 0 radical (unpaired) electrons. The molecule has 0 aliphatic carbocycles. The Labute approximate surface area is 110 Å². The molecule has 1 amide bonds. The summed E-state index contributed by atoms with van der Waals surface area (Å²) in [5.74, 6) is -2.84. The van der Waals surface area contributed by atoms with Crippen molar-refractivity contribution in [1.82, 2.24) is 20.8 Å². The third-order valence-electron chi connectivity index (χ3n) is 3.36. The molecule has 1 aliphatic heterocycles. The normalized spacial score (nSPS) is 21.6. The van der Waals surface area contributed by atoms with Gasteiger partial charge in [0.1, 0.15) is 0 Å². The molecule has 5 nitrogen and oxygen atoms in total. The number of hydrogen-bond acceptors (Lipinski definition) is 3. The zero-order chi connectivity index (χ0) is 14.0. The van der Waals surface area contributed by atoms with E-state index in [1.165, 1.54) is 0 Å². The fourth-order valence-corrected chi connectivity index (χ4v) is 2.24. The minimum absolute atomic E-state index is 0.176. The summed E-state index contributed by atoms with van der Waals surface area (Å²) in [5, 5.41) is 12.2. The van der Waals surface area contributed by atoms with Gasteiger partial charge in [0.2, 0.25) is 5.91 Å². The van der Waals surface area contributed by atoms with Crippen LogP contribution in [0, 0.1) is 13.8 Å². The van der Waals surface area contributed by atoms with Crippen LogP contribution in [0.1, 0.15) is 23.4 Å². The molecule has 1 aliphatic rings. The van der Waals surface area contributed by atoms with E-state index >= 15 is 0 Å². The SMILES string of the molecule is Cc1n[nH]c(C)c1CC(=O)NCC1CC(F)(F)CN1. The molecule has 3 N–H and O–H groups in total. The van der Waals surface area contributed by atoms with Crippen molar-refractivity contribution < 1.29 is 13.6 Å². The topological polar surface area (TPSA) is 69.8 Å². The smallest absolute Gasteiger partial charge is 0.261 e. The van der Waals surface area contributed by atoms with Gasteiger partial charge in [-0.3, -0.25) is 9.89 Å². The first-order valence-corrected chi connectivity index (χ1v) is 6.26. The number of aromatic nitrogens is 2. The number of aryl methyl sites for hydroxylation is 2. The fourth-order valence-electron chi connectivity index (χ4n) is 2.24. The van der Waals surface area contributed by atoms with E-state index < -0.39 is 5.92 Å². The summed E-state index contributed by atoms with van der Waals surface area (Å²) in [6, 6.07) is -0.356. The van der Waals surface area contributed by atoms with Crippen LogP contribution in [-0.2, 0) is 11.2 Å². The molecule has 0 spiro atoms. The molecule has 1 fully saturated rings. The zero-order valence-corrected chi connectivity index (χ0v) is 11.0. The van der Waals surface area contributed by atoms with E-state index in [2.05, 4.69) is 20.8 Å². The third-order valence-corrected chi connectivity index (χ3v) is 3.36. The standard InChI is InChI=1S/C12H18F2N4O/c1-7-10(8(2)18-17-7)3-11(19)15-5-9-4-12(13,14)6-16-9/h9,16H,3-6H2,1-2H3,(H,15,19)(H,17,18). The van der Waals surface area contributed by atoms with E-state index in [1.54, 1.807) is 0 Å². The molecule has 1 unspecified atom stereocenters. The second-order valence-corrected chi connectivity index (χ2v) is 5.03. The van der Waals surface area contributed by atoms with Gasteiger partial charge in [0.15, 0.2) is 0 Å². The Morgan fingerprint density at radius 1 is 1.53 bits per heavy atom. The van der Waals surface area contributed by atoms with Gasteiger partial charge in [-0.15, -0.1) is 0 Å². The van der Waals surface area contributed by atoms with Crippen molar-refractivity contribution in [1.29, 1.82) is 0 Å². The lowest BCUT2D eigenvalue weighted by molar-refractivity contribution is -0.120. The highest BCUT2D eigenvalue weighted by atomic mass is 19.3. The molecule has 1 atom stereocenters. The number of rotatable bonds is 4. The fraction of sp³-hybridized carbons (Fsp3) is 0.667. The Hall–Kier alpha value is -1.50. The van der Waals surface area contributed by atoms with Crippen molar-refractivity contribution in [2.75, 3.05) is 13.1 Å². The lowest BCUT2D eigenvalue weighted by Crippen LogP contribution is -2.37. The Kier molecular flexibility index (Phi) is 3.84. The highest BCUT2D eigenvalue weighted by Crippen LogP contribution is 2.24. The molecule has 1 aromatic heterocycles. The van der Waals surface area contributed by atoms with Crippen molar-refractivity contribution in [3.8, 4) is 0 Å². The first-order chi connectivity index (χ1) is 8.87. The first-order valence-electron chi connectivity index (χ1n) is 6.26. The van der Waals surface area contributed by atoms with E-state index in [9.17, 15) is 13.6 Å². The lowest BCUT2D eigenvalue weighted by atomic mass is 10.1. The van der Waals surface area contributed by atoms with Crippen LogP contribution in [0.5, 0.6) is 0 Å². The summed E-state index contributed by atoms with van der Waals surface area (Å²) >= 11 is 0. The second kappa shape index (κ2) is 5.24. The molecule has 1 saturated heterocycles. The molecule has 2 rings (SSSR count). The van der Waals surface area contributed by atoms with Crippen molar-refractivity contribution >= 4 is 5.91 Å². The number of halogens is 2. The Balaban J connectivity index is 1.80. The molecule has 19 heavy (non-hydrogen) atoms. The first kappa shape index (κ1) is 13.9. The maximum absolute atomic E-state index is 12.9. The summed E-state index contributed by atoms with van der Waals surface area (Å²) in [6.07, 6.45) is -0.00563. The average molecular weight is 272 g/mol.